The molecule has 0 aromatic carbocycles. The number of aromatic nitrogens is 2. The number of anilines is 2. The van der Waals surface area contributed by atoms with Gasteiger partial charge in [-0.05, 0) is 34.4 Å². The predicted octanol–water partition coefficient (Wildman–Crippen LogP) is 0.986. The van der Waals surface area contributed by atoms with Crippen LogP contribution < -0.4 is 15.4 Å². The maximum absolute atomic E-state index is 6.13. The molecule has 1 aliphatic heterocycles. The van der Waals surface area contributed by atoms with Crippen LogP contribution in [0.3, 0.4) is 0 Å². The summed E-state index contributed by atoms with van der Waals surface area (Å²) in [5.41, 5.74) is 6.67. The zero-order valence-electron chi connectivity index (χ0n) is 12.1. The van der Waals surface area contributed by atoms with Gasteiger partial charge in [0.1, 0.15) is 12.0 Å². The lowest BCUT2D eigenvalue weighted by atomic mass is 10.2. The van der Waals surface area contributed by atoms with E-state index in [1.807, 2.05) is 13.8 Å². The van der Waals surface area contributed by atoms with E-state index in [1.54, 1.807) is 0 Å². The average molecular weight is 265 g/mol. The Kier molecular flexibility index (Phi) is 4.09. The summed E-state index contributed by atoms with van der Waals surface area (Å²) in [6.45, 7) is 5.82. The molecule has 19 heavy (non-hydrogen) atoms. The smallest absolute Gasteiger partial charge is 0.242 e. The van der Waals surface area contributed by atoms with Crippen molar-refractivity contribution in [3.63, 3.8) is 0 Å². The van der Waals surface area contributed by atoms with Crippen molar-refractivity contribution in [1.82, 2.24) is 14.9 Å². The molecular weight excluding hydrogens is 242 g/mol. The van der Waals surface area contributed by atoms with Crippen LogP contribution in [0.4, 0.5) is 11.5 Å². The molecule has 0 radical (unpaired) electrons. The second-order valence-corrected chi connectivity index (χ2v) is 5.43. The van der Waals surface area contributed by atoms with Gasteiger partial charge in [0.15, 0.2) is 5.82 Å². The first-order valence-electron chi connectivity index (χ1n) is 6.67. The third-order valence-corrected chi connectivity index (χ3v) is 3.37. The molecule has 0 bridgehead atoms. The van der Waals surface area contributed by atoms with E-state index < -0.39 is 0 Å². The van der Waals surface area contributed by atoms with E-state index in [0.717, 1.165) is 25.3 Å². The van der Waals surface area contributed by atoms with E-state index in [1.165, 1.54) is 6.33 Å². The Morgan fingerprint density at radius 3 is 2.74 bits per heavy atom. The first kappa shape index (κ1) is 13.9. The lowest BCUT2D eigenvalue weighted by Crippen LogP contribution is -2.32. The summed E-state index contributed by atoms with van der Waals surface area (Å²) in [7, 11) is 4.20. The van der Waals surface area contributed by atoms with Crippen LogP contribution >= 0.6 is 0 Å². The van der Waals surface area contributed by atoms with Crippen LogP contribution in [0.5, 0.6) is 5.88 Å². The van der Waals surface area contributed by atoms with Crippen LogP contribution in [-0.2, 0) is 0 Å². The summed E-state index contributed by atoms with van der Waals surface area (Å²) < 4.78 is 5.61. The molecule has 0 spiro atoms. The van der Waals surface area contributed by atoms with Crippen LogP contribution in [0.25, 0.3) is 0 Å². The number of nitrogens with two attached hydrogens (primary N) is 1. The molecule has 1 aromatic rings. The van der Waals surface area contributed by atoms with Gasteiger partial charge in [-0.2, -0.15) is 4.98 Å². The van der Waals surface area contributed by atoms with Crippen molar-refractivity contribution < 1.29 is 4.74 Å². The molecule has 6 nitrogen and oxygen atoms in total. The fourth-order valence-electron chi connectivity index (χ4n) is 2.30. The van der Waals surface area contributed by atoms with Crippen molar-refractivity contribution >= 4 is 11.5 Å². The highest BCUT2D eigenvalue weighted by atomic mass is 16.5. The van der Waals surface area contributed by atoms with Gasteiger partial charge in [-0.3, -0.25) is 0 Å². The molecule has 1 aliphatic rings. The van der Waals surface area contributed by atoms with Crippen molar-refractivity contribution in [2.75, 3.05) is 37.8 Å². The maximum atomic E-state index is 6.13. The molecule has 2 N–H and O–H groups in total. The second-order valence-electron chi connectivity index (χ2n) is 5.43. The van der Waals surface area contributed by atoms with Crippen molar-refractivity contribution in [1.29, 1.82) is 0 Å². The first-order chi connectivity index (χ1) is 8.99. The van der Waals surface area contributed by atoms with Crippen LogP contribution in [0.15, 0.2) is 6.33 Å². The molecular formula is C13H23N5O. The van der Waals surface area contributed by atoms with Gasteiger partial charge in [0, 0.05) is 19.1 Å². The van der Waals surface area contributed by atoms with Crippen molar-refractivity contribution in [3.05, 3.63) is 6.33 Å². The molecule has 1 atom stereocenters. The van der Waals surface area contributed by atoms with Gasteiger partial charge in [0.05, 0.1) is 6.10 Å². The van der Waals surface area contributed by atoms with Gasteiger partial charge < -0.3 is 20.3 Å². The molecule has 1 saturated heterocycles. The summed E-state index contributed by atoms with van der Waals surface area (Å²) in [4.78, 5) is 12.9. The molecule has 2 rings (SSSR count). The van der Waals surface area contributed by atoms with Gasteiger partial charge in [-0.1, -0.05) is 0 Å². The van der Waals surface area contributed by atoms with Crippen molar-refractivity contribution in [2.24, 2.45) is 0 Å². The third kappa shape index (κ3) is 3.07. The molecule has 1 fully saturated rings. The molecule has 0 saturated carbocycles. The Hall–Kier alpha value is -1.56. The van der Waals surface area contributed by atoms with Gasteiger partial charge in [0.25, 0.3) is 0 Å². The van der Waals surface area contributed by atoms with Crippen molar-refractivity contribution in [2.45, 2.75) is 32.4 Å². The molecule has 1 aromatic heterocycles. The van der Waals surface area contributed by atoms with Crippen LogP contribution in [0.1, 0.15) is 20.3 Å². The highest BCUT2D eigenvalue weighted by molar-refractivity contribution is 5.68. The van der Waals surface area contributed by atoms with Gasteiger partial charge in [-0.15, -0.1) is 0 Å². The number of nitrogens with zero attached hydrogens (tertiary/aromatic N) is 4. The normalized spacial score (nSPS) is 19.5. The van der Waals surface area contributed by atoms with E-state index >= 15 is 0 Å². The quantitative estimate of drug-likeness (QED) is 0.875. The summed E-state index contributed by atoms with van der Waals surface area (Å²) in [6, 6.07) is 0.545. The molecule has 2 heterocycles. The maximum Gasteiger partial charge on any atom is 0.242 e. The Morgan fingerprint density at radius 2 is 2.16 bits per heavy atom. The third-order valence-electron chi connectivity index (χ3n) is 3.37. The Balaban J connectivity index is 2.17. The van der Waals surface area contributed by atoms with E-state index in [0.29, 0.717) is 17.6 Å². The first-order valence-corrected chi connectivity index (χ1v) is 6.67. The Morgan fingerprint density at radius 1 is 1.42 bits per heavy atom. The standard InChI is InChI=1S/C13H23N5O/c1-9(2)19-13-11(14)12(15-8-16-13)18-6-5-10(7-18)17(3)4/h8-10H,5-7,14H2,1-4H3. The van der Waals surface area contributed by atoms with Crippen LogP contribution in [0.2, 0.25) is 0 Å². The summed E-state index contributed by atoms with van der Waals surface area (Å²) in [5, 5.41) is 0. The lowest BCUT2D eigenvalue weighted by molar-refractivity contribution is 0.234. The topological polar surface area (TPSA) is 67.5 Å². The zero-order chi connectivity index (χ0) is 14.0. The van der Waals surface area contributed by atoms with E-state index in [4.69, 9.17) is 10.5 Å². The second kappa shape index (κ2) is 5.61. The molecule has 1 unspecified atom stereocenters. The van der Waals surface area contributed by atoms with E-state index in [2.05, 4.69) is 33.9 Å². The highest BCUT2D eigenvalue weighted by Gasteiger charge is 2.27. The zero-order valence-corrected chi connectivity index (χ0v) is 12.1. The van der Waals surface area contributed by atoms with Gasteiger partial charge in [0.2, 0.25) is 5.88 Å². The number of nitrogen functional groups attached to an aromatic ring is 1. The van der Waals surface area contributed by atoms with Gasteiger partial charge >= 0.3 is 0 Å². The Bertz CT molecular complexity index is 435. The molecule has 0 amide bonds. The Labute approximate surface area is 114 Å². The fraction of sp³-hybridized carbons (Fsp3) is 0.692. The predicted molar refractivity (Wildman–Crippen MR) is 76.5 cm³/mol. The minimum Gasteiger partial charge on any atom is -0.473 e. The molecule has 106 valence electrons. The number of rotatable bonds is 4. The van der Waals surface area contributed by atoms with E-state index in [9.17, 15) is 0 Å². The SMILES string of the molecule is CC(C)Oc1ncnc(N2CCC(N(C)C)C2)c1N. The van der Waals surface area contributed by atoms with Gasteiger partial charge in [-0.25, -0.2) is 4.98 Å². The minimum atomic E-state index is 0.0538. The number of hydrogen-bond donors (Lipinski definition) is 1. The number of ether oxygens (including phenoxy) is 1. The summed E-state index contributed by atoms with van der Waals surface area (Å²) >= 11 is 0. The summed E-state index contributed by atoms with van der Waals surface area (Å²) in [5.74, 6) is 1.27. The number of likely N-dealkylation sites (N-methyl/N-ethyl adjacent to an activating group) is 1. The van der Waals surface area contributed by atoms with Crippen LogP contribution in [0, 0.1) is 0 Å². The lowest BCUT2D eigenvalue weighted by Gasteiger charge is -2.22. The summed E-state index contributed by atoms with van der Waals surface area (Å²) in [6.07, 6.45) is 2.70. The molecule has 0 aliphatic carbocycles. The minimum absolute atomic E-state index is 0.0538. The highest BCUT2D eigenvalue weighted by Crippen LogP contribution is 2.31. The largest absolute Gasteiger partial charge is 0.473 e. The fourth-order valence-corrected chi connectivity index (χ4v) is 2.30. The van der Waals surface area contributed by atoms with Crippen molar-refractivity contribution in [3.8, 4) is 5.88 Å². The number of hydrogen-bond acceptors (Lipinski definition) is 6. The average Bonchev–Trinajstić information content (AvgIpc) is 2.80. The molecule has 6 heteroatoms. The van der Waals surface area contributed by atoms with Crippen LogP contribution in [-0.4, -0.2) is 54.2 Å². The monoisotopic (exact) mass is 265 g/mol. The van der Waals surface area contributed by atoms with E-state index in [-0.39, 0.29) is 6.10 Å².